The fourth-order valence-corrected chi connectivity index (χ4v) is 3.69. The standard InChI is InChI=1S/C17H26FN3/c18-17-14(11-19)5-4-6-15(17)12-20-10-7-16(13-20)21-8-2-1-3-9-21/h4-6,16H,1-3,7-13,19H2. The molecule has 1 atom stereocenters. The van der Waals surface area contributed by atoms with Gasteiger partial charge in [-0.2, -0.15) is 0 Å². The van der Waals surface area contributed by atoms with Crippen molar-refractivity contribution in [2.75, 3.05) is 26.2 Å². The van der Waals surface area contributed by atoms with Gasteiger partial charge in [0.15, 0.2) is 0 Å². The van der Waals surface area contributed by atoms with Gasteiger partial charge in [0.2, 0.25) is 0 Å². The summed E-state index contributed by atoms with van der Waals surface area (Å²) in [7, 11) is 0. The van der Waals surface area contributed by atoms with Crippen molar-refractivity contribution in [2.45, 2.75) is 44.8 Å². The van der Waals surface area contributed by atoms with E-state index in [2.05, 4.69) is 9.80 Å². The largest absolute Gasteiger partial charge is 0.326 e. The van der Waals surface area contributed by atoms with Crippen molar-refractivity contribution < 1.29 is 4.39 Å². The van der Waals surface area contributed by atoms with Crippen LogP contribution in [-0.4, -0.2) is 42.0 Å². The van der Waals surface area contributed by atoms with Crippen molar-refractivity contribution >= 4 is 0 Å². The average Bonchev–Trinajstić information content (AvgIpc) is 2.99. The van der Waals surface area contributed by atoms with Crippen molar-refractivity contribution in [2.24, 2.45) is 5.73 Å². The maximum absolute atomic E-state index is 14.3. The Hall–Kier alpha value is -0.970. The lowest BCUT2D eigenvalue weighted by atomic mass is 10.1. The van der Waals surface area contributed by atoms with Gasteiger partial charge in [-0.3, -0.25) is 9.80 Å². The van der Waals surface area contributed by atoms with Crippen LogP contribution in [0.2, 0.25) is 0 Å². The van der Waals surface area contributed by atoms with Crippen molar-refractivity contribution in [3.8, 4) is 0 Å². The predicted octanol–water partition coefficient (Wildman–Crippen LogP) is 2.34. The van der Waals surface area contributed by atoms with Crippen molar-refractivity contribution in [1.82, 2.24) is 9.80 Å². The summed E-state index contributed by atoms with van der Waals surface area (Å²) in [6.45, 7) is 5.63. The lowest BCUT2D eigenvalue weighted by Crippen LogP contribution is -2.40. The highest BCUT2D eigenvalue weighted by molar-refractivity contribution is 5.26. The molecule has 116 valence electrons. The van der Waals surface area contributed by atoms with Crippen molar-refractivity contribution in [1.29, 1.82) is 0 Å². The van der Waals surface area contributed by atoms with E-state index in [9.17, 15) is 4.39 Å². The minimum absolute atomic E-state index is 0.110. The summed E-state index contributed by atoms with van der Waals surface area (Å²) in [6.07, 6.45) is 5.27. The Bertz CT molecular complexity index is 471. The van der Waals surface area contributed by atoms with Crippen LogP contribution >= 0.6 is 0 Å². The first-order valence-electron chi connectivity index (χ1n) is 8.20. The summed E-state index contributed by atoms with van der Waals surface area (Å²) in [5.41, 5.74) is 7.00. The SMILES string of the molecule is NCc1cccc(CN2CCC(N3CCCCC3)C2)c1F. The summed E-state index contributed by atoms with van der Waals surface area (Å²) >= 11 is 0. The molecule has 1 aromatic carbocycles. The molecule has 0 aliphatic carbocycles. The van der Waals surface area contributed by atoms with Crippen LogP contribution < -0.4 is 5.73 Å². The fraction of sp³-hybridized carbons (Fsp3) is 0.647. The zero-order valence-electron chi connectivity index (χ0n) is 12.7. The fourth-order valence-electron chi connectivity index (χ4n) is 3.69. The molecular formula is C17H26FN3. The maximum Gasteiger partial charge on any atom is 0.132 e. The Morgan fingerprint density at radius 3 is 2.62 bits per heavy atom. The van der Waals surface area contributed by atoms with E-state index in [1.165, 1.54) is 38.8 Å². The van der Waals surface area contributed by atoms with Crippen LogP contribution in [0.3, 0.4) is 0 Å². The van der Waals surface area contributed by atoms with Gasteiger partial charge in [0.1, 0.15) is 5.82 Å². The topological polar surface area (TPSA) is 32.5 Å². The maximum atomic E-state index is 14.3. The Morgan fingerprint density at radius 1 is 1.10 bits per heavy atom. The first kappa shape index (κ1) is 14.9. The lowest BCUT2D eigenvalue weighted by molar-refractivity contribution is 0.161. The van der Waals surface area contributed by atoms with Crippen LogP contribution in [0.4, 0.5) is 4.39 Å². The molecule has 1 unspecified atom stereocenters. The molecule has 0 radical (unpaired) electrons. The number of likely N-dealkylation sites (tertiary alicyclic amines) is 2. The minimum atomic E-state index is -0.110. The molecule has 0 bridgehead atoms. The quantitative estimate of drug-likeness (QED) is 0.924. The number of nitrogens with two attached hydrogens (primary N) is 1. The minimum Gasteiger partial charge on any atom is -0.326 e. The molecule has 2 aliphatic heterocycles. The zero-order chi connectivity index (χ0) is 14.7. The highest BCUT2D eigenvalue weighted by Crippen LogP contribution is 2.23. The van der Waals surface area contributed by atoms with E-state index in [4.69, 9.17) is 5.73 Å². The molecule has 0 aromatic heterocycles. The van der Waals surface area contributed by atoms with E-state index in [-0.39, 0.29) is 12.4 Å². The first-order valence-corrected chi connectivity index (χ1v) is 8.20. The monoisotopic (exact) mass is 291 g/mol. The number of piperidine rings is 1. The van der Waals surface area contributed by atoms with Crippen LogP contribution in [0.25, 0.3) is 0 Å². The summed E-state index contributed by atoms with van der Waals surface area (Å²) in [4.78, 5) is 5.02. The van der Waals surface area contributed by atoms with E-state index >= 15 is 0 Å². The molecular weight excluding hydrogens is 265 g/mol. The van der Waals surface area contributed by atoms with Gasteiger partial charge in [-0.05, 0) is 32.4 Å². The van der Waals surface area contributed by atoms with E-state index in [1.54, 1.807) is 6.07 Å². The molecule has 0 saturated carbocycles. The molecule has 2 aliphatic rings. The second-order valence-electron chi connectivity index (χ2n) is 6.37. The van der Waals surface area contributed by atoms with E-state index < -0.39 is 0 Å². The number of benzene rings is 1. The molecule has 2 heterocycles. The number of halogens is 1. The molecule has 3 nitrogen and oxygen atoms in total. The second kappa shape index (κ2) is 6.86. The van der Waals surface area contributed by atoms with E-state index in [0.29, 0.717) is 18.2 Å². The number of hydrogen-bond acceptors (Lipinski definition) is 3. The van der Waals surface area contributed by atoms with E-state index in [1.807, 2.05) is 12.1 Å². The normalized spacial score (nSPS) is 24.6. The highest BCUT2D eigenvalue weighted by Gasteiger charge is 2.28. The zero-order valence-corrected chi connectivity index (χ0v) is 12.7. The predicted molar refractivity (Wildman–Crippen MR) is 83.4 cm³/mol. The third-order valence-corrected chi connectivity index (χ3v) is 4.93. The van der Waals surface area contributed by atoms with Crippen LogP contribution in [0.5, 0.6) is 0 Å². The molecule has 4 heteroatoms. The molecule has 0 spiro atoms. The number of nitrogens with zero attached hydrogens (tertiary/aromatic N) is 2. The third kappa shape index (κ3) is 3.44. The van der Waals surface area contributed by atoms with Gasteiger partial charge in [0, 0.05) is 43.3 Å². The molecule has 3 rings (SSSR count). The highest BCUT2D eigenvalue weighted by atomic mass is 19.1. The van der Waals surface area contributed by atoms with Crippen LogP contribution in [-0.2, 0) is 13.1 Å². The van der Waals surface area contributed by atoms with Gasteiger partial charge in [-0.25, -0.2) is 4.39 Å². The molecule has 2 fully saturated rings. The van der Waals surface area contributed by atoms with Gasteiger partial charge in [-0.15, -0.1) is 0 Å². The molecule has 1 aromatic rings. The molecule has 21 heavy (non-hydrogen) atoms. The van der Waals surface area contributed by atoms with Crippen molar-refractivity contribution in [3.05, 3.63) is 35.1 Å². The lowest BCUT2D eigenvalue weighted by Gasteiger charge is -2.32. The Balaban J connectivity index is 1.59. The molecule has 0 amide bonds. The summed E-state index contributed by atoms with van der Waals surface area (Å²) in [5, 5.41) is 0. The van der Waals surface area contributed by atoms with Gasteiger partial charge in [-0.1, -0.05) is 24.6 Å². The van der Waals surface area contributed by atoms with Gasteiger partial charge >= 0.3 is 0 Å². The van der Waals surface area contributed by atoms with Gasteiger partial charge in [0.05, 0.1) is 0 Å². The van der Waals surface area contributed by atoms with Crippen LogP contribution in [0.15, 0.2) is 18.2 Å². The third-order valence-electron chi connectivity index (χ3n) is 4.93. The Labute approximate surface area is 126 Å². The Kier molecular flexibility index (Phi) is 4.88. The average molecular weight is 291 g/mol. The Morgan fingerprint density at radius 2 is 1.86 bits per heavy atom. The number of hydrogen-bond donors (Lipinski definition) is 1. The van der Waals surface area contributed by atoms with Crippen LogP contribution in [0, 0.1) is 5.82 Å². The molecule has 2 N–H and O–H groups in total. The second-order valence-corrected chi connectivity index (χ2v) is 6.37. The van der Waals surface area contributed by atoms with Crippen LogP contribution in [0.1, 0.15) is 36.8 Å². The van der Waals surface area contributed by atoms with Gasteiger partial charge < -0.3 is 5.73 Å². The first-order chi connectivity index (χ1) is 10.3. The molecule has 2 saturated heterocycles. The number of rotatable bonds is 4. The van der Waals surface area contributed by atoms with Crippen molar-refractivity contribution in [3.63, 3.8) is 0 Å². The summed E-state index contributed by atoms with van der Waals surface area (Å²) in [5.74, 6) is -0.110. The summed E-state index contributed by atoms with van der Waals surface area (Å²) in [6, 6.07) is 6.26. The summed E-state index contributed by atoms with van der Waals surface area (Å²) < 4.78 is 14.3. The smallest absolute Gasteiger partial charge is 0.132 e. The van der Waals surface area contributed by atoms with Gasteiger partial charge in [0.25, 0.3) is 0 Å². The van der Waals surface area contributed by atoms with E-state index in [0.717, 1.165) is 18.7 Å².